The fourth-order valence-corrected chi connectivity index (χ4v) is 2.70. The molecule has 4 aromatic rings. The van der Waals surface area contributed by atoms with E-state index < -0.39 is 0 Å². The maximum Gasteiger partial charge on any atom is 0.261 e. The zero-order valence-corrected chi connectivity index (χ0v) is 13.4. The summed E-state index contributed by atoms with van der Waals surface area (Å²) in [5.74, 6) is 2.70. The Morgan fingerprint density at radius 3 is 2.79 bits per heavy atom. The molecule has 3 heterocycles. The standard InChI is InChI=1S/C18H16N4O2/c1-12-20-18(24-21-12)15-7-5-9-19-17(15)22(2)11-14-10-13-6-3-4-8-16(13)23-14/h3-10H,11H2,1-2H3. The van der Waals surface area contributed by atoms with Crippen molar-refractivity contribution >= 4 is 16.8 Å². The molecular formula is C18H16N4O2. The van der Waals surface area contributed by atoms with E-state index in [-0.39, 0.29) is 0 Å². The number of para-hydroxylation sites is 1. The lowest BCUT2D eigenvalue weighted by molar-refractivity contribution is 0.425. The van der Waals surface area contributed by atoms with Crippen molar-refractivity contribution in [2.24, 2.45) is 0 Å². The van der Waals surface area contributed by atoms with Crippen LogP contribution < -0.4 is 4.90 Å². The molecule has 0 saturated carbocycles. The van der Waals surface area contributed by atoms with Crippen LogP contribution in [0.3, 0.4) is 0 Å². The summed E-state index contributed by atoms with van der Waals surface area (Å²) in [6.07, 6.45) is 1.75. The lowest BCUT2D eigenvalue weighted by Crippen LogP contribution is -2.18. The monoisotopic (exact) mass is 320 g/mol. The van der Waals surface area contributed by atoms with Crippen molar-refractivity contribution in [1.82, 2.24) is 15.1 Å². The average molecular weight is 320 g/mol. The van der Waals surface area contributed by atoms with Crippen LogP contribution in [0.2, 0.25) is 0 Å². The lowest BCUT2D eigenvalue weighted by atomic mass is 10.2. The van der Waals surface area contributed by atoms with Gasteiger partial charge in [-0.25, -0.2) is 4.98 Å². The molecule has 0 aliphatic carbocycles. The molecule has 0 aliphatic rings. The Labute approximate surface area is 138 Å². The number of hydrogen-bond donors (Lipinski definition) is 0. The molecule has 0 radical (unpaired) electrons. The third-order valence-electron chi connectivity index (χ3n) is 3.78. The van der Waals surface area contributed by atoms with Gasteiger partial charge in [-0.05, 0) is 31.2 Å². The van der Waals surface area contributed by atoms with Crippen LogP contribution in [-0.2, 0) is 6.54 Å². The van der Waals surface area contributed by atoms with E-state index >= 15 is 0 Å². The molecule has 3 aromatic heterocycles. The van der Waals surface area contributed by atoms with E-state index in [1.165, 1.54) is 0 Å². The van der Waals surface area contributed by atoms with Crippen LogP contribution in [0, 0.1) is 6.92 Å². The van der Waals surface area contributed by atoms with Gasteiger partial charge in [-0.15, -0.1) is 0 Å². The third-order valence-corrected chi connectivity index (χ3v) is 3.78. The molecule has 0 aliphatic heterocycles. The second-order valence-electron chi connectivity index (χ2n) is 5.63. The Hall–Kier alpha value is -3.15. The number of aromatic nitrogens is 3. The summed E-state index contributed by atoms with van der Waals surface area (Å²) < 4.78 is 11.2. The van der Waals surface area contributed by atoms with E-state index in [4.69, 9.17) is 8.94 Å². The highest BCUT2D eigenvalue weighted by Crippen LogP contribution is 2.28. The van der Waals surface area contributed by atoms with E-state index in [0.29, 0.717) is 18.3 Å². The predicted molar refractivity (Wildman–Crippen MR) is 90.6 cm³/mol. The number of benzene rings is 1. The van der Waals surface area contributed by atoms with Crippen LogP contribution in [0.5, 0.6) is 0 Å². The number of rotatable bonds is 4. The van der Waals surface area contributed by atoms with Crippen molar-refractivity contribution in [3.05, 3.63) is 60.2 Å². The first-order valence-corrected chi connectivity index (χ1v) is 7.65. The van der Waals surface area contributed by atoms with Crippen LogP contribution in [0.1, 0.15) is 11.6 Å². The molecule has 0 spiro atoms. The normalized spacial score (nSPS) is 11.1. The third kappa shape index (κ3) is 2.62. The molecule has 24 heavy (non-hydrogen) atoms. The van der Waals surface area contributed by atoms with Crippen molar-refractivity contribution in [3.63, 3.8) is 0 Å². The summed E-state index contributed by atoms with van der Waals surface area (Å²) in [6.45, 7) is 2.38. The van der Waals surface area contributed by atoms with Crippen LogP contribution >= 0.6 is 0 Å². The van der Waals surface area contributed by atoms with Gasteiger partial charge in [0.2, 0.25) is 0 Å². The molecule has 0 bridgehead atoms. The van der Waals surface area contributed by atoms with E-state index in [1.807, 2.05) is 54.4 Å². The Morgan fingerprint density at radius 1 is 1.12 bits per heavy atom. The van der Waals surface area contributed by atoms with E-state index in [2.05, 4.69) is 15.1 Å². The van der Waals surface area contributed by atoms with Gasteiger partial charge in [0, 0.05) is 18.6 Å². The molecule has 6 heteroatoms. The van der Waals surface area contributed by atoms with Gasteiger partial charge in [0.15, 0.2) is 5.82 Å². The zero-order valence-electron chi connectivity index (χ0n) is 13.4. The smallest absolute Gasteiger partial charge is 0.261 e. The highest BCUT2D eigenvalue weighted by atomic mass is 16.5. The molecule has 1 aromatic carbocycles. The van der Waals surface area contributed by atoms with Crippen molar-refractivity contribution in [2.45, 2.75) is 13.5 Å². The van der Waals surface area contributed by atoms with Crippen LogP contribution in [-0.4, -0.2) is 22.2 Å². The van der Waals surface area contributed by atoms with Crippen molar-refractivity contribution < 1.29 is 8.94 Å². The van der Waals surface area contributed by atoms with Gasteiger partial charge in [0.05, 0.1) is 12.1 Å². The largest absolute Gasteiger partial charge is 0.459 e. The molecule has 120 valence electrons. The summed E-state index contributed by atoms with van der Waals surface area (Å²) in [6, 6.07) is 13.8. The minimum absolute atomic E-state index is 0.465. The predicted octanol–water partition coefficient (Wildman–Crippen LogP) is 3.82. The molecular weight excluding hydrogens is 304 g/mol. The molecule has 0 atom stereocenters. The first kappa shape index (κ1) is 14.4. The van der Waals surface area contributed by atoms with Crippen molar-refractivity contribution in [3.8, 4) is 11.5 Å². The molecule has 0 N–H and O–H groups in total. The van der Waals surface area contributed by atoms with Crippen LogP contribution in [0.15, 0.2) is 57.6 Å². The molecule has 0 fully saturated rings. The summed E-state index contributed by atoms with van der Waals surface area (Å²) >= 11 is 0. The second kappa shape index (κ2) is 5.81. The number of pyridine rings is 1. The number of fused-ring (bicyclic) bond motifs is 1. The number of nitrogens with zero attached hydrogens (tertiary/aromatic N) is 4. The van der Waals surface area contributed by atoms with Gasteiger partial charge < -0.3 is 13.8 Å². The molecule has 0 unspecified atom stereocenters. The molecule has 4 rings (SSSR count). The summed E-state index contributed by atoms with van der Waals surface area (Å²) in [5, 5.41) is 4.95. The number of anilines is 1. The summed E-state index contributed by atoms with van der Waals surface area (Å²) in [7, 11) is 1.96. The number of aryl methyl sites for hydroxylation is 1. The van der Waals surface area contributed by atoms with E-state index in [9.17, 15) is 0 Å². The summed E-state index contributed by atoms with van der Waals surface area (Å²) in [4.78, 5) is 10.8. The number of furan rings is 1. The van der Waals surface area contributed by atoms with Gasteiger partial charge in [-0.3, -0.25) is 0 Å². The second-order valence-corrected chi connectivity index (χ2v) is 5.63. The van der Waals surface area contributed by atoms with E-state index in [1.54, 1.807) is 13.1 Å². The topological polar surface area (TPSA) is 68.2 Å². The fourth-order valence-electron chi connectivity index (χ4n) is 2.70. The zero-order chi connectivity index (χ0) is 16.5. The van der Waals surface area contributed by atoms with Gasteiger partial charge >= 0.3 is 0 Å². The average Bonchev–Trinajstić information content (AvgIpc) is 3.20. The Kier molecular flexibility index (Phi) is 3.49. The highest BCUT2D eigenvalue weighted by molar-refractivity contribution is 5.78. The summed E-state index contributed by atoms with van der Waals surface area (Å²) in [5.41, 5.74) is 1.69. The van der Waals surface area contributed by atoms with Gasteiger partial charge in [0.25, 0.3) is 5.89 Å². The van der Waals surface area contributed by atoms with Gasteiger partial charge in [0.1, 0.15) is 17.2 Å². The van der Waals surface area contributed by atoms with Gasteiger partial charge in [-0.2, -0.15) is 4.98 Å². The Morgan fingerprint density at radius 2 is 2.00 bits per heavy atom. The molecule has 6 nitrogen and oxygen atoms in total. The maximum atomic E-state index is 5.89. The minimum atomic E-state index is 0.465. The Bertz CT molecular complexity index is 956. The minimum Gasteiger partial charge on any atom is -0.459 e. The lowest BCUT2D eigenvalue weighted by Gasteiger charge is -2.18. The van der Waals surface area contributed by atoms with Gasteiger partial charge in [-0.1, -0.05) is 23.4 Å². The first-order valence-electron chi connectivity index (χ1n) is 7.65. The van der Waals surface area contributed by atoms with Crippen molar-refractivity contribution in [1.29, 1.82) is 0 Å². The van der Waals surface area contributed by atoms with Crippen molar-refractivity contribution in [2.75, 3.05) is 11.9 Å². The SMILES string of the molecule is Cc1noc(-c2cccnc2N(C)Cc2cc3ccccc3o2)n1. The number of hydrogen-bond acceptors (Lipinski definition) is 6. The molecule has 0 saturated heterocycles. The quantitative estimate of drug-likeness (QED) is 0.569. The van der Waals surface area contributed by atoms with Crippen LogP contribution in [0.25, 0.3) is 22.4 Å². The molecule has 0 amide bonds. The Balaban J connectivity index is 1.66. The fraction of sp³-hybridized carbons (Fsp3) is 0.167. The maximum absolute atomic E-state index is 5.89. The highest BCUT2D eigenvalue weighted by Gasteiger charge is 2.17. The van der Waals surface area contributed by atoms with E-state index in [0.717, 1.165) is 28.1 Å². The van der Waals surface area contributed by atoms with Crippen LogP contribution in [0.4, 0.5) is 5.82 Å². The first-order chi connectivity index (χ1) is 11.7.